The molecule has 0 unspecified atom stereocenters. The molecule has 2 rings (SSSR count). The predicted octanol–water partition coefficient (Wildman–Crippen LogP) is 2.17. The zero-order chi connectivity index (χ0) is 17.4. The van der Waals surface area contributed by atoms with Crippen LogP contribution in [0.3, 0.4) is 0 Å². The van der Waals surface area contributed by atoms with Gasteiger partial charge in [0.1, 0.15) is 10.8 Å². The van der Waals surface area contributed by atoms with Crippen LogP contribution in [0.4, 0.5) is 0 Å². The number of hydroxylamine groups is 2. The highest BCUT2D eigenvalue weighted by atomic mass is 33.1. The number of amides is 2. The van der Waals surface area contributed by atoms with Crippen molar-refractivity contribution in [2.75, 3.05) is 5.75 Å². The van der Waals surface area contributed by atoms with Crippen LogP contribution in [0.5, 0.6) is 0 Å². The molecule has 1 aromatic rings. The molecule has 0 radical (unpaired) electrons. The molecule has 24 heavy (non-hydrogen) atoms. The van der Waals surface area contributed by atoms with Gasteiger partial charge in [0.2, 0.25) is 0 Å². The maximum atomic E-state index is 11.7. The third-order valence-electron chi connectivity index (χ3n) is 3.05. The highest BCUT2D eigenvalue weighted by Crippen LogP contribution is 2.29. The zero-order valence-electron chi connectivity index (χ0n) is 12.8. The van der Waals surface area contributed by atoms with E-state index in [9.17, 15) is 19.2 Å². The summed E-state index contributed by atoms with van der Waals surface area (Å²) in [5.74, 6) is -1.26. The molecule has 2 amide bonds. The SMILES string of the molecule is O=C(CCSSc1ccccn1)CCC(=O)ON1C(=O)CCC1=O. The number of imide groups is 1. The van der Waals surface area contributed by atoms with Gasteiger partial charge in [-0.25, -0.2) is 9.78 Å². The van der Waals surface area contributed by atoms with Gasteiger partial charge in [-0.15, -0.1) is 5.06 Å². The molecule has 0 bridgehead atoms. The quantitative estimate of drug-likeness (QED) is 0.372. The van der Waals surface area contributed by atoms with Crippen LogP contribution >= 0.6 is 21.6 Å². The van der Waals surface area contributed by atoms with Gasteiger partial charge in [0.05, 0.1) is 6.42 Å². The molecule has 0 aliphatic carbocycles. The summed E-state index contributed by atoms with van der Waals surface area (Å²) >= 11 is 0. The number of hydrogen-bond donors (Lipinski definition) is 0. The van der Waals surface area contributed by atoms with Gasteiger partial charge in [-0.1, -0.05) is 16.9 Å². The highest BCUT2D eigenvalue weighted by molar-refractivity contribution is 8.76. The van der Waals surface area contributed by atoms with Crippen LogP contribution in [-0.2, 0) is 24.0 Å². The monoisotopic (exact) mass is 368 g/mol. The van der Waals surface area contributed by atoms with Crippen molar-refractivity contribution < 1.29 is 24.0 Å². The van der Waals surface area contributed by atoms with Crippen LogP contribution in [0.15, 0.2) is 29.4 Å². The minimum absolute atomic E-state index is 0.0316. The van der Waals surface area contributed by atoms with E-state index in [4.69, 9.17) is 4.84 Å². The molecular formula is C15H16N2O5S2. The van der Waals surface area contributed by atoms with Crippen LogP contribution in [0, 0.1) is 0 Å². The van der Waals surface area contributed by atoms with E-state index in [1.807, 2.05) is 18.2 Å². The minimum Gasteiger partial charge on any atom is -0.330 e. The molecule has 0 aromatic carbocycles. The highest BCUT2D eigenvalue weighted by Gasteiger charge is 2.32. The smallest absolute Gasteiger partial charge is 0.330 e. The Morgan fingerprint density at radius 2 is 1.88 bits per heavy atom. The summed E-state index contributed by atoms with van der Waals surface area (Å²) in [6, 6.07) is 5.61. The summed E-state index contributed by atoms with van der Waals surface area (Å²) in [6.07, 6.45) is 2.03. The second-order valence-electron chi connectivity index (χ2n) is 4.91. The Hall–Kier alpha value is -1.87. The molecule has 1 saturated heterocycles. The van der Waals surface area contributed by atoms with Crippen LogP contribution in [0.25, 0.3) is 0 Å². The Bertz CT molecular complexity index is 608. The Kier molecular flexibility index (Phi) is 7.26. The van der Waals surface area contributed by atoms with Crippen LogP contribution in [-0.4, -0.2) is 39.4 Å². The number of nitrogens with zero attached hydrogens (tertiary/aromatic N) is 2. The summed E-state index contributed by atoms with van der Waals surface area (Å²) < 4.78 is 0. The summed E-state index contributed by atoms with van der Waals surface area (Å²) in [7, 11) is 3.00. The van der Waals surface area contributed by atoms with E-state index in [1.165, 1.54) is 21.6 Å². The number of pyridine rings is 1. The third-order valence-corrected chi connectivity index (χ3v) is 5.32. The Balaban J connectivity index is 1.58. The van der Waals surface area contributed by atoms with E-state index >= 15 is 0 Å². The second-order valence-corrected chi connectivity index (χ2v) is 7.34. The number of ketones is 1. The Morgan fingerprint density at radius 3 is 2.54 bits per heavy atom. The molecular weight excluding hydrogens is 352 g/mol. The van der Waals surface area contributed by atoms with Gasteiger partial charge in [-0.2, -0.15) is 0 Å². The van der Waals surface area contributed by atoms with E-state index in [-0.39, 0.29) is 31.5 Å². The number of aromatic nitrogens is 1. The van der Waals surface area contributed by atoms with E-state index in [2.05, 4.69) is 4.98 Å². The summed E-state index contributed by atoms with van der Waals surface area (Å²) in [5.41, 5.74) is 0. The van der Waals surface area contributed by atoms with Crippen molar-refractivity contribution in [2.24, 2.45) is 0 Å². The minimum atomic E-state index is -0.748. The molecule has 1 fully saturated rings. The van der Waals surface area contributed by atoms with Crippen molar-refractivity contribution >= 4 is 45.2 Å². The number of carbonyl (C=O) groups excluding carboxylic acids is 4. The summed E-state index contributed by atoms with van der Waals surface area (Å²) in [6.45, 7) is 0. The molecule has 9 heteroatoms. The van der Waals surface area contributed by atoms with E-state index in [1.54, 1.807) is 6.20 Å². The van der Waals surface area contributed by atoms with Gasteiger partial charge < -0.3 is 4.84 Å². The lowest BCUT2D eigenvalue weighted by Crippen LogP contribution is -2.32. The Morgan fingerprint density at radius 1 is 1.12 bits per heavy atom. The van der Waals surface area contributed by atoms with Gasteiger partial charge in [0, 0.05) is 37.6 Å². The number of hydrogen-bond acceptors (Lipinski definition) is 8. The van der Waals surface area contributed by atoms with Crippen molar-refractivity contribution in [2.45, 2.75) is 37.1 Å². The summed E-state index contributed by atoms with van der Waals surface area (Å²) in [4.78, 5) is 54.8. The molecule has 1 aromatic heterocycles. The average Bonchev–Trinajstić information content (AvgIpc) is 2.90. The molecule has 128 valence electrons. The Labute approximate surface area is 146 Å². The lowest BCUT2D eigenvalue weighted by atomic mass is 10.2. The van der Waals surface area contributed by atoms with Crippen molar-refractivity contribution in [1.29, 1.82) is 0 Å². The van der Waals surface area contributed by atoms with Crippen molar-refractivity contribution in [3.63, 3.8) is 0 Å². The molecule has 0 atom stereocenters. The standard InChI is InChI=1S/C15H16N2O5S2/c18-11(8-10-23-24-12-3-1-2-9-16-12)4-7-15(21)22-17-13(19)5-6-14(17)20/h1-3,9H,4-8,10H2. The number of rotatable bonds is 9. The van der Waals surface area contributed by atoms with Gasteiger partial charge in [-0.05, 0) is 22.9 Å². The van der Waals surface area contributed by atoms with Gasteiger partial charge >= 0.3 is 5.97 Å². The molecule has 0 spiro atoms. The molecule has 0 N–H and O–H groups in total. The van der Waals surface area contributed by atoms with E-state index < -0.39 is 17.8 Å². The molecule has 0 saturated carbocycles. The predicted molar refractivity (Wildman–Crippen MR) is 88.6 cm³/mol. The lowest BCUT2D eigenvalue weighted by Gasteiger charge is -2.12. The van der Waals surface area contributed by atoms with Crippen LogP contribution < -0.4 is 0 Å². The van der Waals surface area contributed by atoms with Crippen LogP contribution in [0.1, 0.15) is 32.1 Å². The molecule has 7 nitrogen and oxygen atoms in total. The maximum absolute atomic E-state index is 11.7. The first-order valence-corrected chi connectivity index (χ1v) is 9.67. The van der Waals surface area contributed by atoms with Gasteiger partial charge in [-0.3, -0.25) is 14.4 Å². The first-order chi connectivity index (χ1) is 11.6. The largest absolute Gasteiger partial charge is 0.333 e. The van der Waals surface area contributed by atoms with Crippen molar-refractivity contribution in [3.8, 4) is 0 Å². The first kappa shape index (κ1) is 18.5. The summed E-state index contributed by atoms with van der Waals surface area (Å²) in [5, 5.41) is 1.37. The normalized spacial score (nSPS) is 14.1. The van der Waals surface area contributed by atoms with Gasteiger partial charge in [0.25, 0.3) is 11.8 Å². The van der Waals surface area contributed by atoms with Gasteiger partial charge in [0.15, 0.2) is 0 Å². The topological polar surface area (TPSA) is 93.6 Å². The maximum Gasteiger partial charge on any atom is 0.333 e. The first-order valence-electron chi connectivity index (χ1n) is 7.35. The zero-order valence-corrected chi connectivity index (χ0v) is 14.4. The van der Waals surface area contributed by atoms with Crippen molar-refractivity contribution in [3.05, 3.63) is 24.4 Å². The fourth-order valence-corrected chi connectivity index (χ4v) is 3.74. The average molecular weight is 368 g/mol. The molecule has 1 aliphatic rings. The van der Waals surface area contributed by atoms with E-state index in [0.717, 1.165) is 5.03 Å². The number of carbonyl (C=O) groups is 4. The fraction of sp³-hybridized carbons (Fsp3) is 0.400. The third kappa shape index (κ3) is 5.97. The fourth-order valence-electron chi connectivity index (χ4n) is 1.83. The van der Waals surface area contributed by atoms with Crippen LogP contribution in [0.2, 0.25) is 0 Å². The van der Waals surface area contributed by atoms with E-state index in [0.29, 0.717) is 17.2 Å². The second kappa shape index (κ2) is 9.43. The molecule has 2 heterocycles. The lowest BCUT2D eigenvalue weighted by molar-refractivity contribution is -0.197. The van der Waals surface area contributed by atoms with Crippen molar-refractivity contribution in [1.82, 2.24) is 10.0 Å². The number of Topliss-reactive ketones (excluding diaryl/α,β-unsaturated/α-hetero) is 1. The molecule has 1 aliphatic heterocycles.